The van der Waals surface area contributed by atoms with Crippen LogP contribution in [0.15, 0.2) is 48.5 Å². The SMILES string of the molecule is NC(Cc1ccccc1Cl)c1cccc(I)c1. The lowest BCUT2D eigenvalue weighted by Crippen LogP contribution is -2.13. The molecule has 2 aromatic carbocycles. The predicted molar refractivity (Wildman–Crippen MR) is 81.2 cm³/mol. The van der Waals surface area contributed by atoms with Gasteiger partial charge in [-0.15, -0.1) is 0 Å². The first-order valence-electron chi connectivity index (χ1n) is 5.41. The van der Waals surface area contributed by atoms with E-state index in [1.807, 2.05) is 30.3 Å². The van der Waals surface area contributed by atoms with Gasteiger partial charge in [-0.2, -0.15) is 0 Å². The second-order valence-electron chi connectivity index (χ2n) is 3.96. The van der Waals surface area contributed by atoms with Gasteiger partial charge < -0.3 is 5.73 Å². The smallest absolute Gasteiger partial charge is 0.0438 e. The quantitative estimate of drug-likeness (QED) is 0.819. The van der Waals surface area contributed by atoms with Gasteiger partial charge in [0.2, 0.25) is 0 Å². The molecule has 0 heterocycles. The zero-order valence-corrected chi connectivity index (χ0v) is 12.1. The molecule has 88 valence electrons. The van der Waals surface area contributed by atoms with E-state index in [9.17, 15) is 0 Å². The van der Waals surface area contributed by atoms with Crippen molar-refractivity contribution in [3.05, 3.63) is 68.3 Å². The van der Waals surface area contributed by atoms with Crippen LogP contribution < -0.4 is 5.73 Å². The van der Waals surface area contributed by atoms with Crippen LogP contribution in [0, 0.1) is 3.57 Å². The van der Waals surface area contributed by atoms with Gasteiger partial charge in [0, 0.05) is 14.6 Å². The maximum atomic E-state index is 6.20. The van der Waals surface area contributed by atoms with Gasteiger partial charge in [0.1, 0.15) is 0 Å². The summed E-state index contributed by atoms with van der Waals surface area (Å²) in [5.41, 5.74) is 8.45. The van der Waals surface area contributed by atoms with E-state index in [4.69, 9.17) is 17.3 Å². The molecule has 0 aliphatic rings. The zero-order chi connectivity index (χ0) is 12.3. The zero-order valence-electron chi connectivity index (χ0n) is 9.24. The van der Waals surface area contributed by atoms with E-state index in [2.05, 4.69) is 40.8 Å². The molecule has 0 aromatic heterocycles. The Bertz CT molecular complexity index is 513. The molecule has 2 aromatic rings. The van der Waals surface area contributed by atoms with Gasteiger partial charge in [-0.3, -0.25) is 0 Å². The molecule has 0 amide bonds. The Labute approximate surface area is 120 Å². The molecule has 1 nitrogen and oxygen atoms in total. The van der Waals surface area contributed by atoms with E-state index in [-0.39, 0.29) is 6.04 Å². The number of hydrogen-bond acceptors (Lipinski definition) is 1. The Morgan fingerprint density at radius 1 is 1.12 bits per heavy atom. The van der Waals surface area contributed by atoms with Crippen molar-refractivity contribution in [2.24, 2.45) is 5.73 Å². The Balaban J connectivity index is 2.17. The largest absolute Gasteiger partial charge is 0.324 e. The van der Waals surface area contributed by atoms with Crippen molar-refractivity contribution in [1.82, 2.24) is 0 Å². The van der Waals surface area contributed by atoms with Crippen LogP contribution >= 0.6 is 34.2 Å². The lowest BCUT2D eigenvalue weighted by molar-refractivity contribution is 0.721. The van der Waals surface area contributed by atoms with Crippen LogP contribution in [-0.2, 0) is 6.42 Å². The highest BCUT2D eigenvalue weighted by Crippen LogP contribution is 2.22. The predicted octanol–water partition coefficient (Wildman–Crippen LogP) is 4.19. The van der Waals surface area contributed by atoms with Gasteiger partial charge in [-0.1, -0.05) is 41.9 Å². The third kappa shape index (κ3) is 3.44. The Hall–Kier alpha value is -0.580. The third-order valence-electron chi connectivity index (χ3n) is 2.67. The first kappa shape index (κ1) is 12.9. The lowest BCUT2D eigenvalue weighted by Gasteiger charge is -2.13. The van der Waals surface area contributed by atoms with Gasteiger partial charge >= 0.3 is 0 Å². The Kier molecular flexibility index (Phi) is 4.42. The number of hydrogen-bond donors (Lipinski definition) is 1. The normalized spacial score (nSPS) is 12.4. The van der Waals surface area contributed by atoms with E-state index in [0.29, 0.717) is 0 Å². The van der Waals surface area contributed by atoms with Crippen molar-refractivity contribution in [3.63, 3.8) is 0 Å². The van der Waals surface area contributed by atoms with Gasteiger partial charge in [-0.25, -0.2) is 0 Å². The van der Waals surface area contributed by atoms with E-state index < -0.39 is 0 Å². The number of rotatable bonds is 3. The first-order chi connectivity index (χ1) is 8.16. The summed E-state index contributed by atoms with van der Waals surface area (Å²) < 4.78 is 1.20. The average molecular weight is 358 g/mol. The molecule has 2 N–H and O–H groups in total. The molecule has 0 fully saturated rings. The fourth-order valence-electron chi connectivity index (χ4n) is 1.76. The summed E-state index contributed by atoms with van der Waals surface area (Å²) in [5, 5.41) is 0.786. The molecular weight excluding hydrogens is 345 g/mol. The van der Waals surface area contributed by atoms with Crippen molar-refractivity contribution in [3.8, 4) is 0 Å². The maximum absolute atomic E-state index is 6.20. The molecule has 2 rings (SSSR count). The van der Waals surface area contributed by atoms with Crippen LogP contribution in [0.25, 0.3) is 0 Å². The lowest BCUT2D eigenvalue weighted by atomic mass is 10.00. The summed E-state index contributed by atoms with van der Waals surface area (Å²) in [7, 11) is 0. The summed E-state index contributed by atoms with van der Waals surface area (Å²) >= 11 is 8.42. The van der Waals surface area contributed by atoms with Gasteiger partial charge in [0.15, 0.2) is 0 Å². The van der Waals surface area contributed by atoms with Crippen LogP contribution in [0.1, 0.15) is 17.2 Å². The van der Waals surface area contributed by atoms with Crippen molar-refractivity contribution >= 4 is 34.2 Å². The van der Waals surface area contributed by atoms with Crippen molar-refractivity contribution < 1.29 is 0 Å². The van der Waals surface area contributed by atoms with Crippen LogP contribution in [0.5, 0.6) is 0 Å². The highest BCUT2D eigenvalue weighted by Gasteiger charge is 2.09. The average Bonchev–Trinajstić information content (AvgIpc) is 2.32. The van der Waals surface area contributed by atoms with Crippen molar-refractivity contribution in [2.45, 2.75) is 12.5 Å². The van der Waals surface area contributed by atoms with Crippen LogP contribution in [0.2, 0.25) is 5.02 Å². The number of nitrogens with two attached hydrogens (primary N) is 1. The summed E-state index contributed by atoms with van der Waals surface area (Å²) in [6, 6.07) is 16.1. The van der Waals surface area contributed by atoms with E-state index >= 15 is 0 Å². The molecule has 0 radical (unpaired) electrons. The molecule has 3 heteroatoms. The minimum atomic E-state index is -0.00961. The second kappa shape index (κ2) is 5.85. The molecule has 0 bridgehead atoms. The highest BCUT2D eigenvalue weighted by molar-refractivity contribution is 14.1. The van der Waals surface area contributed by atoms with Crippen LogP contribution in [0.4, 0.5) is 0 Å². The van der Waals surface area contributed by atoms with Crippen LogP contribution in [0.3, 0.4) is 0 Å². The summed E-state index contributed by atoms with van der Waals surface area (Å²) in [5.74, 6) is 0. The Morgan fingerprint density at radius 3 is 2.59 bits per heavy atom. The summed E-state index contributed by atoms with van der Waals surface area (Å²) in [6.45, 7) is 0. The third-order valence-corrected chi connectivity index (χ3v) is 3.71. The van der Waals surface area contributed by atoms with Crippen LogP contribution in [-0.4, -0.2) is 0 Å². The molecule has 0 spiro atoms. The van der Waals surface area contributed by atoms with E-state index in [0.717, 1.165) is 22.6 Å². The highest BCUT2D eigenvalue weighted by atomic mass is 127. The van der Waals surface area contributed by atoms with Gasteiger partial charge in [0.05, 0.1) is 0 Å². The molecule has 0 saturated heterocycles. The Morgan fingerprint density at radius 2 is 1.88 bits per heavy atom. The summed E-state index contributed by atoms with van der Waals surface area (Å²) in [4.78, 5) is 0. The molecule has 0 aliphatic carbocycles. The number of benzene rings is 2. The van der Waals surface area contributed by atoms with Gasteiger partial charge in [0.25, 0.3) is 0 Å². The molecule has 1 atom stereocenters. The molecular formula is C14H13ClIN. The molecule has 0 saturated carbocycles. The summed E-state index contributed by atoms with van der Waals surface area (Å²) in [6.07, 6.45) is 0.764. The second-order valence-corrected chi connectivity index (χ2v) is 5.61. The molecule has 1 unspecified atom stereocenters. The van der Waals surface area contributed by atoms with E-state index in [1.165, 1.54) is 3.57 Å². The molecule has 17 heavy (non-hydrogen) atoms. The fourth-order valence-corrected chi connectivity index (χ4v) is 2.54. The van der Waals surface area contributed by atoms with Crippen molar-refractivity contribution in [2.75, 3.05) is 0 Å². The van der Waals surface area contributed by atoms with Crippen molar-refractivity contribution in [1.29, 1.82) is 0 Å². The van der Waals surface area contributed by atoms with E-state index in [1.54, 1.807) is 0 Å². The topological polar surface area (TPSA) is 26.0 Å². The number of halogens is 2. The minimum absolute atomic E-state index is 0.00961. The monoisotopic (exact) mass is 357 g/mol. The molecule has 0 aliphatic heterocycles. The van der Waals surface area contributed by atoms with Gasteiger partial charge in [-0.05, 0) is 58.3 Å². The first-order valence-corrected chi connectivity index (χ1v) is 6.87. The minimum Gasteiger partial charge on any atom is -0.324 e. The standard InChI is InChI=1S/C14H13ClIN/c15-13-7-2-1-4-10(13)9-14(17)11-5-3-6-12(16)8-11/h1-8,14H,9,17H2. The maximum Gasteiger partial charge on any atom is 0.0438 e. The fraction of sp³-hybridized carbons (Fsp3) is 0.143.